The maximum Gasteiger partial charge on any atom is 0.322 e. The summed E-state index contributed by atoms with van der Waals surface area (Å²) in [6.45, 7) is -0.226. The number of aromatic nitrogens is 2. The SMILES string of the molecule is Cn1ccnc1C1(CNC(=O)c2ccc(S(=O)(=O)C3CC3)cc2)NC(=O)NC1=O. The van der Waals surface area contributed by atoms with Gasteiger partial charge in [0.15, 0.2) is 15.4 Å². The van der Waals surface area contributed by atoms with E-state index in [0.29, 0.717) is 12.8 Å². The van der Waals surface area contributed by atoms with Crippen LogP contribution in [0.4, 0.5) is 4.79 Å². The molecule has 1 aromatic heterocycles. The van der Waals surface area contributed by atoms with Gasteiger partial charge in [0.2, 0.25) is 0 Å². The van der Waals surface area contributed by atoms with Crippen molar-refractivity contribution in [2.75, 3.05) is 6.54 Å². The Kier molecular flexibility index (Phi) is 4.41. The van der Waals surface area contributed by atoms with Gasteiger partial charge in [-0.2, -0.15) is 0 Å². The molecule has 1 saturated carbocycles. The Bertz CT molecular complexity index is 1100. The summed E-state index contributed by atoms with van der Waals surface area (Å²) in [6, 6.07) is 4.97. The minimum Gasteiger partial charge on any atom is -0.349 e. The number of carbonyl (C=O) groups is 3. The molecule has 1 aromatic carbocycles. The minimum absolute atomic E-state index is 0.184. The van der Waals surface area contributed by atoms with E-state index in [1.165, 1.54) is 30.5 Å². The summed E-state index contributed by atoms with van der Waals surface area (Å²) >= 11 is 0. The number of nitrogens with zero attached hydrogens (tertiary/aromatic N) is 2. The van der Waals surface area contributed by atoms with Gasteiger partial charge in [0, 0.05) is 25.0 Å². The first-order chi connectivity index (χ1) is 13.7. The molecule has 1 saturated heterocycles. The summed E-state index contributed by atoms with van der Waals surface area (Å²) in [7, 11) is -1.67. The zero-order chi connectivity index (χ0) is 20.8. The van der Waals surface area contributed by atoms with Crippen LogP contribution in [0.25, 0.3) is 0 Å². The summed E-state index contributed by atoms with van der Waals surface area (Å²) in [5, 5.41) is 7.00. The number of rotatable bonds is 6. The van der Waals surface area contributed by atoms with Crippen LogP contribution in [0, 0.1) is 0 Å². The molecule has 4 amide bonds. The van der Waals surface area contributed by atoms with Gasteiger partial charge in [0.25, 0.3) is 11.8 Å². The summed E-state index contributed by atoms with van der Waals surface area (Å²) in [4.78, 5) is 41.1. The van der Waals surface area contributed by atoms with E-state index in [-0.39, 0.29) is 28.1 Å². The molecule has 10 nitrogen and oxygen atoms in total. The molecule has 4 rings (SSSR count). The first kappa shape index (κ1) is 19.1. The summed E-state index contributed by atoms with van der Waals surface area (Å²) < 4.78 is 26.1. The number of hydrogen-bond acceptors (Lipinski definition) is 6. The van der Waals surface area contributed by atoms with Crippen molar-refractivity contribution >= 4 is 27.7 Å². The van der Waals surface area contributed by atoms with Gasteiger partial charge >= 0.3 is 6.03 Å². The molecule has 0 bridgehead atoms. The van der Waals surface area contributed by atoms with E-state index >= 15 is 0 Å². The lowest BCUT2D eigenvalue weighted by Crippen LogP contribution is -2.54. The third-order valence-corrected chi connectivity index (χ3v) is 7.35. The van der Waals surface area contributed by atoms with Crippen molar-refractivity contribution in [3.05, 3.63) is 48.0 Å². The fraction of sp³-hybridized carbons (Fsp3) is 0.333. The molecule has 11 heteroatoms. The van der Waals surface area contributed by atoms with Crippen LogP contribution >= 0.6 is 0 Å². The van der Waals surface area contributed by atoms with Gasteiger partial charge < -0.3 is 15.2 Å². The van der Waals surface area contributed by atoms with Crippen molar-refractivity contribution in [2.24, 2.45) is 7.05 Å². The Morgan fingerprint density at radius 2 is 1.97 bits per heavy atom. The molecule has 1 aliphatic heterocycles. The second-order valence-electron chi connectivity index (χ2n) is 7.13. The monoisotopic (exact) mass is 417 g/mol. The van der Waals surface area contributed by atoms with E-state index in [0.717, 1.165) is 0 Å². The number of imide groups is 1. The Balaban J connectivity index is 1.52. The van der Waals surface area contributed by atoms with Crippen LogP contribution in [0.5, 0.6) is 0 Å². The molecule has 0 spiro atoms. The largest absolute Gasteiger partial charge is 0.349 e. The Hall–Kier alpha value is -3.21. The van der Waals surface area contributed by atoms with E-state index in [4.69, 9.17) is 0 Å². The Morgan fingerprint density at radius 3 is 2.48 bits per heavy atom. The number of nitrogens with one attached hydrogen (secondary N) is 3. The van der Waals surface area contributed by atoms with E-state index in [2.05, 4.69) is 20.9 Å². The van der Waals surface area contributed by atoms with Crippen LogP contribution in [-0.4, -0.2) is 47.6 Å². The molecule has 2 fully saturated rings. The number of sulfone groups is 1. The number of aryl methyl sites for hydroxylation is 1. The Morgan fingerprint density at radius 1 is 1.28 bits per heavy atom. The van der Waals surface area contributed by atoms with Gasteiger partial charge in [-0.3, -0.25) is 14.9 Å². The summed E-state index contributed by atoms with van der Waals surface area (Å²) in [5.74, 6) is -0.863. The van der Waals surface area contributed by atoms with Gasteiger partial charge in [0.1, 0.15) is 5.82 Å². The number of benzene rings is 1. The zero-order valence-corrected chi connectivity index (χ0v) is 16.3. The highest BCUT2D eigenvalue weighted by molar-refractivity contribution is 7.92. The Labute approximate surface area is 166 Å². The molecule has 1 atom stereocenters. The van der Waals surface area contributed by atoms with Gasteiger partial charge in [-0.05, 0) is 37.1 Å². The highest BCUT2D eigenvalue weighted by Crippen LogP contribution is 2.33. The lowest BCUT2D eigenvalue weighted by Gasteiger charge is -2.25. The molecule has 2 aliphatic rings. The van der Waals surface area contributed by atoms with Crippen molar-refractivity contribution < 1.29 is 22.8 Å². The van der Waals surface area contributed by atoms with Crippen LogP contribution in [-0.2, 0) is 27.2 Å². The second-order valence-corrected chi connectivity index (χ2v) is 9.35. The molecule has 2 heterocycles. The lowest BCUT2D eigenvalue weighted by molar-refractivity contribution is -0.124. The molecular weight excluding hydrogens is 398 g/mol. The molecule has 1 aliphatic carbocycles. The molecular formula is C18H19N5O5S. The number of amides is 4. The lowest BCUT2D eigenvalue weighted by atomic mass is 9.98. The van der Waals surface area contributed by atoms with Crippen molar-refractivity contribution in [1.29, 1.82) is 0 Å². The zero-order valence-electron chi connectivity index (χ0n) is 15.5. The maximum atomic E-state index is 12.6. The van der Waals surface area contributed by atoms with Crippen molar-refractivity contribution in [3.63, 3.8) is 0 Å². The van der Waals surface area contributed by atoms with Gasteiger partial charge in [-0.15, -0.1) is 0 Å². The average molecular weight is 417 g/mol. The highest BCUT2D eigenvalue weighted by atomic mass is 32.2. The smallest absolute Gasteiger partial charge is 0.322 e. The van der Waals surface area contributed by atoms with E-state index in [9.17, 15) is 22.8 Å². The van der Waals surface area contributed by atoms with Crippen molar-refractivity contribution in [3.8, 4) is 0 Å². The van der Waals surface area contributed by atoms with E-state index in [1.54, 1.807) is 17.8 Å². The topological polar surface area (TPSA) is 139 Å². The van der Waals surface area contributed by atoms with Gasteiger partial charge in [-0.25, -0.2) is 18.2 Å². The molecule has 2 aromatic rings. The van der Waals surface area contributed by atoms with Crippen molar-refractivity contribution in [2.45, 2.75) is 28.5 Å². The first-order valence-corrected chi connectivity index (χ1v) is 10.5. The number of urea groups is 1. The molecule has 0 radical (unpaired) electrons. The first-order valence-electron chi connectivity index (χ1n) is 8.97. The van der Waals surface area contributed by atoms with Crippen molar-refractivity contribution in [1.82, 2.24) is 25.5 Å². The fourth-order valence-corrected chi connectivity index (χ4v) is 4.97. The fourth-order valence-electron chi connectivity index (χ4n) is 3.31. The van der Waals surface area contributed by atoms with Crippen LogP contribution in [0.2, 0.25) is 0 Å². The normalized spacial score (nSPS) is 21.6. The standard InChI is InChI=1S/C18H19N5O5S/c1-23-9-8-19-15(23)18(16(25)21-17(26)22-18)10-20-14(24)11-2-4-12(5-3-11)29(27,28)13-6-7-13/h2-5,8-9,13H,6-7,10H2,1H3,(H,20,24)(H2,21,22,25,26). The van der Waals surface area contributed by atoms with Gasteiger partial charge in [0.05, 0.1) is 16.7 Å². The van der Waals surface area contributed by atoms with Crippen LogP contribution in [0.1, 0.15) is 29.0 Å². The summed E-state index contributed by atoms with van der Waals surface area (Å²) in [5.41, 5.74) is -1.31. The predicted molar refractivity (Wildman–Crippen MR) is 101 cm³/mol. The molecule has 29 heavy (non-hydrogen) atoms. The molecule has 1 unspecified atom stereocenters. The van der Waals surface area contributed by atoms with Crippen LogP contribution < -0.4 is 16.0 Å². The maximum absolute atomic E-state index is 12.6. The minimum atomic E-state index is -3.33. The third-order valence-electron chi connectivity index (χ3n) is 5.07. The third kappa shape index (κ3) is 3.27. The van der Waals surface area contributed by atoms with E-state index in [1.807, 2.05) is 0 Å². The second kappa shape index (κ2) is 6.69. The average Bonchev–Trinajstić information content (AvgIpc) is 3.41. The highest BCUT2D eigenvalue weighted by Gasteiger charge is 2.50. The number of hydrogen-bond donors (Lipinski definition) is 3. The summed E-state index contributed by atoms with van der Waals surface area (Å²) in [6.07, 6.45) is 4.42. The van der Waals surface area contributed by atoms with Gasteiger partial charge in [-0.1, -0.05) is 0 Å². The van der Waals surface area contributed by atoms with Crippen LogP contribution in [0.3, 0.4) is 0 Å². The number of imidazole rings is 1. The predicted octanol–water partition coefficient (Wildman–Crippen LogP) is -0.179. The van der Waals surface area contributed by atoms with E-state index < -0.39 is 33.2 Å². The molecule has 3 N–H and O–H groups in total. The van der Waals surface area contributed by atoms with Crippen LogP contribution in [0.15, 0.2) is 41.6 Å². The quantitative estimate of drug-likeness (QED) is 0.557. The number of carbonyl (C=O) groups excluding carboxylic acids is 3. The molecule has 152 valence electrons.